The van der Waals surface area contributed by atoms with Crippen molar-refractivity contribution in [2.45, 2.75) is 0 Å². The summed E-state index contributed by atoms with van der Waals surface area (Å²) in [6.45, 7) is 0. The molecule has 0 heterocycles. The second-order valence-corrected chi connectivity index (χ2v) is 2.98. The van der Waals surface area contributed by atoms with E-state index in [4.69, 9.17) is 33.2 Å². The molecule has 78 valence electrons. The van der Waals surface area contributed by atoms with Gasteiger partial charge in [0.1, 0.15) is 0 Å². The van der Waals surface area contributed by atoms with Crippen LogP contribution in [0.4, 0.5) is 0 Å². The quantitative estimate of drug-likeness (QED) is 0.357. The van der Waals surface area contributed by atoms with Crippen molar-refractivity contribution in [3.05, 3.63) is 0 Å². The Hall–Kier alpha value is 0.788. The van der Waals surface area contributed by atoms with Crippen LogP contribution in [0.2, 0.25) is 0 Å². The molecule has 0 aliphatic carbocycles. The van der Waals surface area contributed by atoms with Gasteiger partial charge in [-0.05, 0) is 0 Å². The van der Waals surface area contributed by atoms with Crippen molar-refractivity contribution in [2.75, 3.05) is 0 Å². The molecule has 0 aliphatic rings. The first kappa shape index (κ1) is 23.0. The minimum atomic E-state index is -5.38. The SMILES string of the molecule is O=S(=O)(O)O.[Mn].[Mn].[O]=[Mn](=[O])(=[O])[OH]. The van der Waals surface area contributed by atoms with Crippen LogP contribution >= 0.6 is 0 Å². The van der Waals surface area contributed by atoms with Crippen LogP contribution in [-0.4, -0.2) is 21.7 Å². The molecule has 2 radical (unpaired) electrons. The summed E-state index contributed by atoms with van der Waals surface area (Å²) in [5, 5.41) is 0. The van der Waals surface area contributed by atoms with Crippen LogP contribution in [0.1, 0.15) is 0 Å². The van der Waals surface area contributed by atoms with Crippen molar-refractivity contribution in [3.63, 3.8) is 0 Å². The van der Waals surface area contributed by atoms with Crippen LogP contribution in [-0.2, 0) is 69.0 Å². The first-order valence-corrected chi connectivity index (χ1v) is 4.70. The Morgan fingerprint density at radius 2 is 0.917 bits per heavy atom. The number of hydrogen-bond acceptors (Lipinski definition) is 5. The van der Waals surface area contributed by atoms with Gasteiger partial charge in [0.25, 0.3) is 0 Å². The average molecular weight is 328 g/mol. The molecule has 0 atom stereocenters. The molecule has 0 rings (SSSR count). The molecule has 0 aromatic rings. The molecular formula is H3Mn3O8S. The van der Waals surface area contributed by atoms with Crippen LogP contribution in [0.25, 0.3) is 0 Å². The predicted molar refractivity (Wildman–Crippen MR) is 18.5 cm³/mol. The first-order valence-electron chi connectivity index (χ1n) is 1.33. The van der Waals surface area contributed by atoms with E-state index < -0.39 is 23.4 Å². The maximum atomic E-state index is 8.74. The molecule has 0 fully saturated rings. The maximum absolute atomic E-state index is 8.74. The Labute approximate surface area is 90.4 Å². The van der Waals surface area contributed by atoms with Crippen molar-refractivity contribution in [1.82, 2.24) is 0 Å². The monoisotopic (exact) mass is 328 g/mol. The van der Waals surface area contributed by atoms with E-state index in [1.54, 1.807) is 0 Å². The van der Waals surface area contributed by atoms with E-state index in [2.05, 4.69) is 0 Å². The summed E-state index contributed by atoms with van der Waals surface area (Å²) in [6, 6.07) is 0. The Morgan fingerprint density at radius 1 is 0.917 bits per heavy atom. The molecule has 0 aromatic heterocycles. The van der Waals surface area contributed by atoms with E-state index >= 15 is 0 Å². The van der Waals surface area contributed by atoms with Crippen LogP contribution in [0, 0.1) is 0 Å². The molecule has 0 aromatic carbocycles. The molecule has 0 saturated carbocycles. The predicted octanol–water partition coefficient (Wildman–Crippen LogP) is -1.57. The summed E-state index contributed by atoms with van der Waals surface area (Å²) < 4.78 is 64.6. The summed E-state index contributed by atoms with van der Waals surface area (Å²) in [5.41, 5.74) is 0. The van der Waals surface area contributed by atoms with Crippen LogP contribution in [0.3, 0.4) is 0 Å². The molecule has 0 spiro atoms. The molecular weight excluding hydrogens is 325 g/mol. The van der Waals surface area contributed by atoms with Gasteiger partial charge in [-0.15, -0.1) is 0 Å². The van der Waals surface area contributed by atoms with Crippen LogP contribution in [0.15, 0.2) is 0 Å². The Kier molecular flexibility index (Phi) is 16.1. The standard InChI is InChI=1S/3Mn.H2O4S.H2O.3O/c;;;1-5(2,3)4;;;;/h;;;(H2,1,2,3,4);1H2;;;/q;;+1;;;;;/p-1. The zero-order chi connectivity index (χ0) is 9.00. The molecule has 0 saturated heterocycles. The Balaban J connectivity index is -0.0000000457. The van der Waals surface area contributed by atoms with Crippen LogP contribution in [0.5, 0.6) is 0 Å². The van der Waals surface area contributed by atoms with Crippen molar-refractivity contribution >= 4 is 10.4 Å². The normalized spacial score (nSPS) is 9.58. The van der Waals surface area contributed by atoms with Gasteiger partial charge in [0.05, 0.1) is 0 Å². The van der Waals surface area contributed by atoms with Gasteiger partial charge in [-0.1, -0.05) is 0 Å². The summed E-state index contributed by atoms with van der Waals surface area (Å²) in [5.74, 6) is 0. The summed E-state index contributed by atoms with van der Waals surface area (Å²) in [6.07, 6.45) is 0. The van der Waals surface area contributed by atoms with Gasteiger partial charge in [-0.25, -0.2) is 0 Å². The molecule has 8 nitrogen and oxygen atoms in total. The molecule has 0 bridgehead atoms. The molecule has 3 N–H and O–H groups in total. The van der Waals surface area contributed by atoms with Gasteiger partial charge in [-0.3, -0.25) is 9.11 Å². The van der Waals surface area contributed by atoms with E-state index in [0.717, 1.165) is 0 Å². The third-order valence-electron chi connectivity index (χ3n) is 0. The number of hydrogen-bond donors (Lipinski definition) is 3. The molecule has 12 heavy (non-hydrogen) atoms. The number of rotatable bonds is 0. The second-order valence-electron chi connectivity index (χ2n) is 0.844. The molecule has 12 heteroatoms. The van der Waals surface area contributed by atoms with Gasteiger partial charge in [0.2, 0.25) is 0 Å². The zero-order valence-electron chi connectivity index (χ0n) is 4.93. The summed E-state index contributed by atoms with van der Waals surface area (Å²) >= 11 is -5.38. The van der Waals surface area contributed by atoms with Crippen molar-refractivity contribution in [3.8, 4) is 0 Å². The minimum absolute atomic E-state index is 0. The first-order chi connectivity index (χ1) is 4.00. The molecule has 0 aliphatic heterocycles. The van der Waals surface area contributed by atoms with E-state index in [9.17, 15) is 0 Å². The van der Waals surface area contributed by atoms with Crippen molar-refractivity contribution < 1.29 is 80.3 Å². The topological polar surface area (TPSA) is 146 Å². The zero-order valence-corrected chi connectivity index (χ0v) is 9.28. The second kappa shape index (κ2) is 8.39. The molecule has 0 amide bonds. The fraction of sp³-hybridized carbons (Fsp3) is 0. The van der Waals surface area contributed by atoms with Gasteiger partial charge in [0, 0.05) is 34.1 Å². The van der Waals surface area contributed by atoms with Gasteiger partial charge in [-0.2, -0.15) is 8.42 Å². The Morgan fingerprint density at radius 3 is 0.917 bits per heavy atom. The summed E-state index contributed by atoms with van der Waals surface area (Å²) in [4.78, 5) is 0. The molecule has 0 unspecified atom stereocenters. The van der Waals surface area contributed by atoms with Gasteiger partial charge in [0.15, 0.2) is 0 Å². The fourth-order valence-electron chi connectivity index (χ4n) is 0. The van der Waals surface area contributed by atoms with Gasteiger partial charge < -0.3 is 0 Å². The fourth-order valence-corrected chi connectivity index (χ4v) is 0. The van der Waals surface area contributed by atoms with E-state index in [-0.39, 0.29) is 34.1 Å². The van der Waals surface area contributed by atoms with E-state index in [1.807, 2.05) is 0 Å². The average Bonchev–Trinajstić information content (AvgIpc) is 1.12. The third kappa shape index (κ3) is 1660. The third-order valence-corrected chi connectivity index (χ3v) is 0. The van der Waals surface area contributed by atoms with Crippen molar-refractivity contribution in [2.24, 2.45) is 0 Å². The van der Waals surface area contributed by atoms with Crippen LogP contribution < -0.4 is 0 Å². The van der Waals surface area contributed by atoms with E-state index in [1.165, 1.54) is 0 Å². The van der Waals surface area contributed by atoms with Crippen molar-refractivity contribution in [1.29, 1.82) is 0 Å². The van der Waals surface area contributed by atoms with E-state index in [0.29, 0.717) is 0 Å². The Bertz CT molecular complexity index is 289. The summed E-state index contributed by atoms with van der Waals surface area (Å²) in [7, 11) is -4.67. The van der Waals surface area contributed by atoms with Gasteiger partial charge >= 0.3 is 39.1 Å².